The van der Waals surface area contributed by atoms with Crippen LogP contribution in [0.5, 0.6) is 0 Å². The van der Waals surface area contributed by atoms with Crippen LogP contribution in [0.2, 0.25) is 0 Å². The summed E-state index contributed by atoms with van der Waals surface area (Å²) in [6.07, 6.45) is 1.55. The van der Waals surface area contributed by atoms with Crippen LogP contribution in [0.25, 0.3) is 0 Å². The molecule has 1 amide bonds. The normalized spacial score (nSPS) is 26.8. The van der Waals surface area contributed by atoms with E-state index in [2.05, 4.69) is 15.9 Å². The number of hydrogen-bond donors (Lipinski definition) is 1. The molecule has 0 aliphatic carbocycles. The van der Waals surface area contributed by atoms with E-state index in [4.69, 9.17) is 4.74 Å². The topological polar surface area (TPSA) is 66.8 Å². The van der Waals surface area contributed by atoms with E-state index in [0.717, 1.165) is 10.0 Å². The van der Waals surface area contributed by atoms with Crippen molar-refractivity contribution in [1.82, 2.24) is 4.90 Å². The van der Waals surface area contributed by atoms with Crippen molar-refractivity contribution in [3.05, 3.63) is 34.3 Å². The molecule has 0 radical (unpaired) electrons. The fourth-order valence-electron chi connectivity index (χ4n) is 3.59. The number of ether oxygens (including phenoxy) is 1. The number of aryl methyl sites for hydroxylation is 1. The number of halogens is 1. The lowest BCUT2D eigenvalue weighted by atomic mass is 9.74. The van der Waals surface area contributed by atoms with Crippen molar-refractivity contribution in [1.29, 1.82) is 0 Å². The second-order valence-electron chi connectivity index (χ2n) is 6.39. The molecule has 1 N–H and O–H groups in total. The fourth-order valence-corrected chi connectivity index (χ4v) is 4.04. The van der Waals surface area contributed by atoms with Crippen molar-refractivity contribution in [2.75, 3.05) is 26.3 Å². The Morgan fingerprint density at radius 3 is 2.96 bits per heavy atom. The number of nitrogens with zero attached hydrogens (tertiary/aromatic N) is 1. The standard InChI is InChI=1S/C17H20BrNO4/c18-14-3-1-2-12(8-14)4-5-15(20)19-9-13-10-23-7-6-17(13,11-19)16(21)22/h1-3,8,13H,4-7,9-11H2,(H,21,22)/t13-,17+/m0/s1. The summed E-state index contributed by atoms with van der Waals surface area (Å²) in [4.78, 5) is 26.0. The van der Waals surface area contributed by atoms with Crippen LogP contribution < -0.4 is 0 Å². The summed E-state index contributed by atoms with van der Waals surface area (Å²) in [5.41, 5.74) is 0.282. The van der Waals surface area contributed by atoms with Gasteiger partial charge in [0.1, 0.15) is 0 Å². The van der Waals surface area contributed by atoms with Gasteiger partial charge >= 0.3 is 5.97 Å². The number of fused-ring (bicyclic) bond motifs is 1. The molecule has 2 heterocycles. The Balaban J connectivity index is 1.63. The molecule has 2 aliphatic heterocycles. The van der Waals surface area contributed by atoms with Crippen molar-refractivity contribution in [3.8, 4) is 0 Å². The maximum Gasteiger partial charge on any atom is 0.311 e. The molecule has 0 unspecified atom stereocenters. The van der Waals surface area contributed by atoms with E-state index in [-0.39, 0.29) is 11.8 Å². The molecule has 3 rings (SSSR count). The first kappa shape index (κ1) is 16.5. The molecular formula is C17H20BrNO4. The summed E-state index contributed by atoms with van der Waals surface area (Å²) in [7, 11) is 0. The van der Waals surface area contributed by atoms with Crippen LogP contribution in [0.4, 0.5) is 0 Å². The second-order valence-corrected chi connectivity index (χ2v) is 7.30. The minimum absolute atomic E-state index is 0.0278. The minimum atomic E-state index is -0.816. The Kier molecular flexibility index (Phi) is 4.73. The molecule has 0 spiro atoms. The second kappa shape index (κ2) is 6.61. The maximum atomic E-state index is 12.5. The minimum Gasteiger partial charge on any atom is -0.481 e. The lowest BCUT2D eigenvalue weighted by Crippen LogP contribution is -2.45. The summed E-state index contributed by atoms with van der Waals surface area (Å²) < 4.78 is 6.42. The Labute approximate surface area is 143 Å². The number of amides is 1. The van der Waals surface area contributed by atoms with Crippen molar-refractivity contribution in [2.45, 2.75) is 19.3 Å². The van der Waals surface area contributed by atoms with Crippen LogP contribution in [0.1, 0.15) is 18.4 Å². The third-order valence-electron chi connectivity index (χ3n) is 5.00. The SMILES string of the molecule is O=C(CCc1cccc(Br)c1)N1C[C@H]2COCC[C@@]2(C(=O)O)C1. The number of aliphatic carboxylic acids is 1. The molecule has 2 atom stereocenters. The van der Waals surface area contributed by atoms with Crippen LogP contribution in [0.3, 0.4) is 0 Å². The van der Waals surface area contributed by atoms with E-state index < -0.39 is 11.4 Å². The Hall–Kier alpha value is -1.40. The average molecular weight is 382 g/mol. The summed E-state index contributed by atoms with van der Waals surface area (Å²) >= 11 is 3.43. The third kappa shape index (κ3) is 3.28. The van der Waals surface area contributed by atoms with Gasteiger partial charge in [0.05, 0.1) is 12.0 Å². The highest BCUT2D eigenvalue weighted by Gasteiger charge is 2.54. The molecule has 2 aliphatic rings. The molecule has 6 heteroatoms. The molecule has 23 heavy (non-hydrogen) atoms. The number of carboxylic acid groups (broad SMARTS) is 1. The lowest BCUT2D eigenvalue weighted by Gasteiger charge is -2.33. The van der Waals surface area contributed by atoms with Gasteiger partial charge in [0.2, 0.25) is 5.91 Å². The quantitative estimate of drug-likeness (QED) is 0.868. The molecule has 5 nitrogen and oxygen atoms in total. The number of likely N-dealkylation sites (tertiary alicyclic amines) is 1. The number of benzene rings is 1. The van der Waals surface area contributed by atoms with Crippen molar-refractivity contribution >= 4 is 27.8 Å². The van der Waals surface area contributed by atoms with Crippen molar-refractivity contribution < 1.29 is 19.4 Å². The largest absolute Gasteiger partial charge is 0.481 e. The van der Waals surface area contributed by atoms with Gasteiger partial charge in [-0.25, -0.2) is 0 Å². The summed E-state index contributed by atoms with van der Waals surface area (Å²) in [5, 5.41) is 9.64. The molecule has 0 aromatic heterocycles. The zero-order valence-corrected chi connectivity index (χ0v) is 14.4. The summed E-state index contributed by atoms with van der Waals surface area (Å²) in [6.45, 7) is 1.70. The molecule has 124 valence electrons. The fraction of sp³-hybridized carbons (Fsp3) is 0.529. The first-order valence-corrected chi connectivity index (χ1v) is 8.64. The number of carbonyl (C=O) groups excluding carboxylic acids is 1. The van der Waals surface area contributed by atoms with E-state index in [0.29, 0.717) is 45.6 Å². The third-order valence-corrected chi connectivity index (χ3v) is 5.50. The van der Waals surface area contributed by atoms with Gasteiger partial charge in [-0.05, 0) is 30.5 Å². The Morgan fingerprint density at radius 1 is 1.43 bits per heavy atom. The zero-order valence-electron chi connectivity index (χ0n) is 12.8. The Bertz CT molecular complexity index is 620. The number of carbonyl (C=O) groups is 2. The van der Waals surface area contributed by atoms with Gasteiger partial charge in [-0.15, -0.1) is 0 Å². The van der Waals surface area contributed by atoms with Gasteiger partial charge in [0.25, 0.3) is 0 Å². The molecular weight excluding hydrogens is 362 g/mol. The van der Waals surface area contributed by atoms with Crippen LogP contribution in [0, 0.1) is 11.3 Å². The van der Waals surface area contributed by atoms with E-state index >= 15 is 0 Å². The lowest BCUT2D eigenvalue weighted by molar-refractivity contribution is -0.157. The van der Waals surface area contributed by atoms with Gasteiger partial charge < -0.3 is 14.7 Å². The van der Waals surface area contributed by atoms with Gasteiger partial charge in [0.15, 0.2) is 0 Å². The zero-order chi connectivity index (χ0) is 16.4. The van der Waals surface area contributed by atoms with E-state index in [1.165, 1.54) is 0 Å². The molecule has 0 bridgehead atoms. The molecule has 1 aromatic rings. The van der Waals surface area contributed by atoms with Crippen LogP contribution in [0.15, 0.2) is 28.7 Å². The smallest absolute Gasteiger partial charge is 0.311 e. The molecule has 2 fully saturated rings. The monoisotopic (exact) mass is 381 g/mol. The van der Waals surface area contributed by atoms with Crippen LogP contribution >= 0.6 is 15.9 Å². The van der Waals surface area contributed by atoms with Crippen LogP contribution in [-0.4, -0.2) is 48.2 Å². The van der Waals surface area contributed by atoms with Gasteiger partial charge in [0, 0.05) is 36.5 Å². The highest BCUT2D eigenvalue weighted by atomic mass is 79.9. The molecule has 1 aromatic carbocycles. The predicted octanol–water partition coefficient (Wildman–Crippen LogP) is 2.33. The number of hydrogen-bond acceptors (Lipinski definition) is 3. The summed E-state index contributed by atoms with van der Waals surface area (Å²) in [5.74, 6) is -0.864. The van der Waals surface area contributed by atoms with Crippen LogP contribution in [-0.2, 0) is 20.7 Å². The van der Waals surface area contributed by atoms with Crippen molar-refractivity contribution in [2.24, 2.45) is 11.3 Å². The number of rotatable bonds is 4. The van der Waals surface area contributed by atoms with E-state index in [9.17, 15) is 14.7 Å². The van der Waals surface area contributed by atoms with E-state index in [1.54, 1.807) is 4.90 Å². The van der Waals surface area contributed by atoms with Crippen molar-refractivity contribution in [3.63, 3.8) is 0 Å². The van der Waals surface area contributed by atoms with Gasteiger partial charge in [-0.3, -0.25) is 9.59 Å². The van der Waals surface area contributed by atoms with Gasteiger partial charge in [-0.2, -0.15) is 0 Å². The number of carboxylic acids is 1. The van der Waals surface area contributed by atoms with E-state index in [1.807, 2.05) is 24.3 Å². The maximum absolute atomic E-state index is 12.5. The molecule has 2 saturated heterocycles. The van der Waals surface area contributed by atoms with Gasteiger partial charge in [-0.1, -0.05) is 28.1 Å². The first-order chi connectivity index (χ1) is 11.0. The Morgan fingerprint density at radius 2 is 2.26 bits per heavy atom. The first-order valence-electron chi connectivity index (χ1n) is 7.85. The molecule has 0 saturated carbocycles. The predicted molar refractivity (Wildman–Crippen MR) is 88.0 cm³/mol. The highest BCUT2D eigenvalue weighted by Crippen LogP contribution is 2.42. The summed E-state index contributed by atoms with van der Waals surface area (Å²) in [6, 6.07) is 7.90. The average Bonchev–Trinajstić information content (AvgIpc) is 2.94. The highest BCUT2D eigenvalue weighted by molar-refractivity contribution is 9.10.